The summed E-state index contributed by atoms with van der Waals surface area (Å²) >= 11 is 11.6. The summed E-state index contributed by atoms with van der Waals surface area (Å²) in [4.78, 5) is 34.9. The number of nitrogen functional groups attached to an aromatic ring is 1. The molecule has 0 aromatic heterocycles. The normalized spacial score (nSPS) is 10.1. The van der Waals surface area contributed by atoms with E-state index >= 15 is 0 Å². The zero-order chi connectivity index (χ0) is 15.4. The summed E-state index contributed by atoms with van der Waals surface area (Å²) in [5.41, 5.74) is 15.8. The fourth-order valence-electron chi connectivity index (χ4n) is 1.49. The lowest BCUT2D eigenvalue weighted by molar-refractivity contribution is -0.121. The number of nitrogens with two attached hydrogens (primary N) is 3. The molecule has 0 fully saturated rings. The molecule has 108 valence electrons. The Hall–Kier alpha value is -1.99. The van der Waals surface area contributed by atoms with Crippen LogP contribution in [-0.2, 0) is 9.59 Å². The fourth-order valence-corrected chi connectivity index (χ4v) is 1.83. The van der Waals surface area contributed by atoms with Crippen molar-refractivity contribution in [2.24, 2.45) is 11.5 Å². The molecule has 20 heavy (non-hydrogen) atoms. The molecule has 1 aromatic rings. The molecule has 0 saturated carbocycles. The van der Waals surface area contributed by atoms with Crippen molar-refractivity contribution in [3.63, 3.8) is 0 Å². The second kappa shape index (κ2) is 6.44. The molecule has 3 amide bonds. The highest BCUT2D eigenvalue weighted by molar-refractivity contribution is 6.43. The van der Waals surface area contributed by atoms with E-state index in [1.807, 2.05) is 0 Å². The number of hydrogen-bond donors (Lipinski definition) is 3. The number of carbonyl (C=O) groups excluding carboxylic acids is 3. The van der Waals surface area contributed by atoms with Gasteiger partial charge in [-0.3, -0.25) is 14.4 Å². The molecule has 0 saturated heterocycles. The number of halogens is 2. The molecule has 0 aliphatic rings. The van der Waals surface area contributed by atoms with Crippen molar-refractivity contribution in [2.45, 2.75) is 0 Å². The highest BCUT2D eigenvalue weighted by Gasteiger charge is 2.21. The molecule has 0 bridgehead atoms. The van der Waals surface area contributed by atoms with Crippen molar-refractivity contribution in [2.75, 3.05) is 18.8 Å². The van der Waals surface area contributed by atoms with E-state index in [0.29, 0.717) is 0 Å². The lowest BCUT2D eigenvalue weighted by Crippen LogP contribution is -2.43. The predicted octanol–water partition coefficient (Wildman–Crippen LogP) is -0.0116. The number of primary amides is 2. The smallest absolute Gasteiger partial charge is 0.254 e. The monoisotopic (exact) mass is 318 g/mol. The molecule has 7 nitrogen and oxygen atoms in total. The van der Waals surface area contributed by atoms with Gasteiger partial charge in [-0.25, -0.2) is 0 Å². The molecule has 0 atom stereocenters. The summed E-state index contributed by atoms with van der Waals surface area (Å²) in [7, 11) is 0. The largest absolute Gasteiger partial charge is 0.397 e. The van der Waals surface area contributed by atoms with E-state index in [2.05, 4.69) is 0 Å². The van der Waals surface area contributed by atoms with Crippen LogP contribution in [0.2, 0.25) is 10.0 Å². The van der Waals surface area contributed by atoms with Crippen LogP contribution in [0.5, 0.6) is 0 Å². The van der Waals surface area contributed by atoms with Gasteiger partial charge in [0.2, 0.25) is 11.8 Å². The molecule has 1 rings (SSSR count). The molecule has 9 heteroatoms. The zero-order valence-electron chi connectivity index (χ0n) is 10.2. The number of rotatable bonds is 5. The van der Waals surface area contributed by atoms with Crippen LogP contribution >= 0.6 is 23.2 Å². The molecule has 0 aliphatic carbocycles. The van der Waals surface area contributed by atoms with Crippen LogP contribution in [0.4, 0.5) is 5.69 Å². The van der Waals surface area contributed by atoms with Gasteiger partial charge < -0.3 is 22.1 Å². The van der Waals surface area contributed by atoms with Crippen LogP contribution in [0, 0.1) is 0 Å². The number of nitrogens with zero attached hydrogens (tertiary/aromatic N) is 1. The van der Waals surface area contributed by atoms with Gasteiger partial charge in [-0.1, -0.05) is 23.2 Å². The Morgan fingerprint density at radius 2 is 1.55 bits per heavy atom. The maximum atomic E-state index is 12.2. The zero-order valence-corrected chi connectivity index (χ0v) is 11.7. The van der Waals surface area contributed by atoms with Crippen molar-refractivity contribution in [3.05, 3.63) is 27.7 Å². The Morgan fingerprint density at radius 3 is 1.95 bits per heavy atom. The molecule has 0 spiro atoms. The number of benzene rings is 1. The second-order valence-electron chi connectivity index (χ2n) is 3.96. The first-order valence-electron chi connectivity index (χ1n) is 5.32. The highest BCUT2D eigenvalue weighted by Crippen LogP contribution is 2.29. The van der Waals surface area contributed by atoms with E-state index in [0.717, 1.165) is 4.90 Å². The lowest BCUT2D eigenvalue weighted by atomic mass is 10.1. The average Bonchev–Trinajstić information content (AvgIpc) is 2.32. The van der Waals surface area contributed by atoms with Crippen LogP contribution in [0.3, 0.4) is 0 Å². The number of amides is 3. The first kappa shape index (κ1) is 16.1. The van der Waals surface area contributed by atoms with Gasteiger partial charge in [-0.15, -0.1) is 0 Å². The Balaban J connectivity index is 3.11. The van der Waals surface area contributed by atoms with Gasteiger partial charge in [0.15, 0.2) is 0 Å². The van der Waals surface area contributed by atoms with Gasteiger partial charge in [0.1, 0.15) is 13.1 Å². The lowest BCUT2D eigenvalue weighted by Gasteiger charge is -2.20. The van der Waals surface area contributed by atoms with Gasteiger partial charge >= 0.3 is 0 Å². The maximum Gasteiger partial charge on any atom is 0.254 e. The highest BCUT2D eigenvalue weighted by atomic mass is 35.5. The van der Waals surface area contributed by atoms with Crippen LogP contribution in [-0.4, -0.2) is 35.7 Å². The van der Waals surface area contributed by atoms with Crippen LogP contribution < -0.4 is 17.2 Å². The van der Waals surface area contributed by atoms with Gasteiger partial charge in [-0.05, 0) is 12.1 Å². The summed E-state index contributed by atoms with van der Waals surface area (Å²) in [6.07, 6.45) is 0. The minimum Gasteiger partial charge on any atom is -0.397 e. The molecular formula is C11H12Cl2N4O3. The van der Waals surface area contributed by atoms with E-state index in [-0.39, 0.29) is 21.3 Å². The number of carbonyl (C=O) groups is 3. The minimum absolute atomic E-state index is 0.0689. The fraction of sp³-hybridized carbons (Fsp3) is 0.182. The molecule has 6 N–H and O–H groups in total. The minimum atomic E-state index is -0.785. The third-order valence-electron chi connectivity index (χ3n) is 2.28. The summed E-state index contributed by atoms with van der Waals surface area (Å²) in [6.45, 7) is -0.913. The van der Waals surface area contributed by atoms with Crippen LogP contribution in [0.15, 0.2) is 12.1 Å². The SMILES string of the molecule is NC(=O)CN(CC(N)=O)C(=O)c1cc(N)c(Cl)c(Cl)c1. The number of hydrogen-bond acceptors (Lipinski definition) is 4. The summed E-state index contributed by atoms with van der Waals surface area (Å²) < 4.78 is 0. The van der Waals surface area contributed by atoms with Crippen molar-refractivity contribution >= 4 is 46.6 Å². The Kier molecular flexibility index (Phi) is 5.18. The van der Waals surface area contributed by atoms with E-state index in [4.69, 9.17) is 40.4 Å². The van der Waals surface area contributed by atoms with Crippen molar-refractivity contribution in [1.82, 2.24) is 4.90 Å². The maximum absolute atomic E-state index is 12.2. The van der Waals surface area contributed by atoms with E-state index in [1.165, 1.54) is 12.1 Å². The quantitative estimate of drug-likeness (QED) is 0.658. The third-order valence-corrected chi connectivity index (χ3v) is 3.10. The van der Waals surface area contributed by atoms with E-state index in [9.17, 15) is 14.4 Å². The molecule has 0 unspecified atom stereocenters. The first-order chi connectivity index (χ1) is 9.22. The molecule has 0 heterocycles. The molecule has 1 aromatic carbocycles. The van der Waals surface area contributed by atoms with E-state index < -0.39 is 30.8 Å². The third kappa shape index (κ3) is 4.01. The summed E-state index contributed by atoms with van der Waals surface area (Å²) in [6, 6.07) is 2.56. The summed E-state index contributed by atoms with van der Waals surface area (Å²) in [5.74, 6) is -2.23. The van der Waals surface area contributed by atoms with Crippen molar-refractivity contribution in [3.8, 4) is 0 Å². The number of anilines is 1. The van der Waals surface area contributed by atoms with Gasteiger partial charge in [0.05, 0.1) is 15.7 Å². The van der Waals surface area contributed by atoms with Crippen LogP contribution in [0.1, 0.15) is 10.4 Å². The molecular weight excluding hydrogens is 307 g/mol. The Bertz CT molecular complexity index is 538. The van der Waals surface area contributed by atoms with Gasteiger partial charge in [-0.2, -0.15) is 0 Å². The van der Waals surface area contributed by atoms with Gasteiger partial charge in [0.25, 0.3) is 5.91 Å². The summed E-state index contributed by atoms with van der Waals surface area (Å²) in [5, 5.41) is 0.188. The van der Waals surface area contributed by atoms with Crippen molar-refractivity contribution in [1.29, 1.82) is 0 Å². The average molecular weight is 319 g/mol. The standard InChI is InChI=1S/C11H12Cl2N4O3/c12-6-1-5(2-7(14)10(6)13)11(20)17(3-8(15)18)4-9(16)19/h1-2H,3-4,14H2,(H2,15,18)(H2,16,19). The first-order valence-corrected chi connectivity index (χ1v) is 6.08. The predicted molar refractivity (Wildman–Crippen MR) is 75.2 cm³/mol. The Morgan fingerprint density at radius 1 is 1.05 bits per heavy atom. The van der Waals surface area contributed by atoms with Gasteiger partial charge in [0, 0.05) is 5.56 Å². The Labute approximate surface area is 124 Å². The molecule has 0 radical (unpaired) electrons. The topological polar surface area (TPSA) is 133 Å². The van der Waals surface area contributed by atoms with Crippen molar-refractivity contribution < 1.29 is 14.4 Å². The van der Waals surface area contributed by atoms with E-state index in [1.54, 1.807) is 0 Å². The molecule has 0 aliphatic heterocycles. The van der Waals surface area contributed by atoms with Crippen LogP contribution in [0.25, 0.3) is 0 Å². The second-order valence-corrected chi connectivity index (χ2v) is 4.74.